The van der Waals surface area contributed by atoms with Crippen molar-refractivity contribution in [1.82, 2.24) is 0 Å². The number of hydrogen-bond donors (Lipinski definition) is 2. The maximum Gasteiger partial charge on any atom is 0.353 e. The van der Waals surface area contributed by atoms with Gasteiger partial charge in [0, 0.05) is 6.42 Å². The Bertz CT molecular complexity index is 220. The van der Waals surface area contributed by atoms with E-state index in [1.807, 2.05) is 0 Å². The van der Waals surface area contributed by atoms with E-state index in [0.717, 1.165) is 19.3 Å². The minimum atomic E-state index is -3.09. The minimum absolute atomic E-state index is 0.0859. The Hall–Kier alpha value is -1.13. The summed E-state index contributed by atoms with van der Waals surface area (Å²) in [5, 5.41) is 16.8. The number of carboxylic acids is 2. The summed E-state index contributed by atoms with van der Waals surface area (Å²) in [6.07, 6.45) is 1.98. The third-order valence-electron chi connectivity index (χ3n) is 2.47. The van der Waals surface area contributed by atoms with Crippen molar-refractivity contribution >= 4 is 11.9 Å². The third kappa shape index (κ3) is 1.79. The van der Waals surface area contributed by atoms with E-state index in [9.17, 15) is 14.0 Å². The molecule has 0 aliphatic heterocycles. The van der Waals surface area contributed by atoms with E-state index >= 15 is 0 Å². The quantitative estimate of drug-likeness (QED) is 0.650. The van der Waals surface area contributed by atoms with Crippen LogP contribution in [-0.4, -0.2) is 27.8 Å². The highest BCUT2D eigenvalue weighted by molar-refractivity contribution is 6.01. The highest BCUT2D eigenvalue weighted by atomic mass is 19.1. The second-order valence-corrected chi connectivity index (χ2v) is 3.41. The minimum Gasteiger partial charge on any atom is -0.478 e. The molecule has 0 aromatic carbocycles. The average molecular weight is 190 g/mol. The Morgan fingerprint density at radius 3 is 2.00 bits per heavy atom. The molecule has 74 valence electrons. The molecule has 0 atom stereocenters. The largest absolute Gasteiger partial charge is 0.478 e. The fraction of sp³-hybridized carbons (Fsp3) is 0.750. The van der Waals surface area contributed by atoms with Gasteiger partial charge in [0.15, 0.2) is 0 Å². The van der Waals surface area contributed by atoms with Crippen molar-refractivity contribution < 1.29 is 24.2 Å². The van der Waals surface area contributed by atoms with E-state index in [0.29, 0.717) is 0 Å². The van der Waals surface area contributed by atoms with Crippen molar-refractivity contribution in [3.05, 3.63) is 0 Å². The molecule has 0 amide bonds. The van der Waals surface area contributed by atoms with Crippen LogP contribution in [0.1, 0.15) is 25.7 Å². The van der Waals surface area contributed by atoms with E-state index in [1.165, 1.54) is 0 Å². The number of rotatable bonds is 4. The van der Waals surface area contributed by atoms with Gasteiger partial charge in [-0.2, -0.15) is 0 Å². The molecule has 1 aliphatic rings. The Morgan fingerprint density at radius 2 is 1.77 bits per heavy atom. The molecule has 0 aromatic heterocycles. The number of carbonyl (C=O) groups is 2. The van der Waals surface area contributed by atoms with Gasteiger partial charge in [0.2, 0.25) is 0 Å². The van der Waals surface area contributed by atoms with Crippen LogP contribution >= 0.6 is 0 Å². The highest BCUT2D eigenvalue weighted by Crippen LogP contribution is 2.35. The van der Waals surface area contributed by atoms with Crippen molar-refractivity contribution in [2.24, 2.45) is 5.92 Å². The zero-order chi connectivity index (χ0) is 10.1. The van der Waals surface area contributed by atoms with Gasteiger partial charge in [0.1, 0.15) is 0 Å². The van der Waals surface area contributed by atoms with E-state index in [2.05, 4.69) is 0 Å². The summed E-state index contributed by atoms with van der Waals surface area (Å²) in [4.78, 5) is 20.8. The van der Waals surface area contributed by atoms with E-state index in [4.69, 9.17) is 10.2 Å². The number of halogens is 1. The molecule has 13 heavy (non-hydrogen) atoms. The normalized spacial score (nSPS) is 17.9. The van der Waals surface area contributed by atoms with Crippen LogP contribution in [0.5, 0.6) is 0 Å². The van der Waals surface area contributed by atoms with Gasteiger partial charge in [-0.15, -0.1) is 0 Å². The Labute approximate surface area is 74.4 Å². The molecule has 0 bridgehead atoms. The van der Waals surface area contributed by atoms with Gasteiger partial charge < -0.3 is 10.2 Å². The molecule has 0 heterocycles. The monoisotopic (exact) mass is 190 g/mol. The molecular weight excluding hydrogens is 179 g/mol. The molecular formula is C8H11FO4. The molecule has 0 radical (unpaired) electrons. The Balaban J connectivity index is 2.65. The van der Waals surface area contributed by atoms with Gasteiger partial charge in [0.25, 0.3) is 0 Å². The zero-order valence-electron chi connectivity index (χ0n) is 6.99. The van der Waals surface area contributed by atoms with Crippen molar-refractivity contribution in [2.45, 2.75) is 31.4 Å². The molecule has 0 saturated heterocycles. The second kappa shape index (κ2) is 3.32. The molecule has 4 nitrogen and oxygen atoms in total. The first kappa shape index (κ1) is 9.95. The zero-order valence-corrected chi connectivity index (χ0v) is 6.99. The Morgan fingerprint density at radius 1 is 1.31 bits per heavy atom. The first-order valence-electron chi connectivity index (χ1n) is 4.12. The van der Waals surface area contributed by atoms with Crippen LogP contribution in [0, 0.1) is 5.92 Å². The first-order chi connectivity index (χ1) is 5.97. The van der Waals surface area contributed by atoms with Gasteiger partial charge in [-0.25, -0.2) is 14.0 Å². The van der Waals surface area contributed by atoms with Crippen molar-refractivity contribution in [3.8, 4) is 0 Å². The molecule has 2 N–H and O–H groups in total. The van der Waals surface area contributed by atoms with Crippen LogP contribution in [0.2, 0.25) is 0 Å². The third-order valence-corrected chi connectivity index (χ3v) is 2.47. The van der Waals surface area contributed by atoms with Crippen molar-refractivity contribution in [3.63, 3.8) is 0 Å². The summed E-state index contributed by atoms with van der Waals surface area (Å²) < 4.78 is 13.3. The molecule has 0 aromatic rings. The van der Waals surface area contributed by atoms with Gasteiger partial charge >= 0.3 is 17.6 Å². The number of hydrogen-bond acceptors (Lipinski definition) is 2. The van der Waals surface area contributed by atoms with Crippen LogP contribution < -0.4 is 0 Å². The lowest BCUT2D eigenvalue weighted by atomic mass is 9.78. The predicted molar refractivity (Wildman–Crippen MR) is 41.1 cm³/mol. The molecule has 5 heteroatoms. The first-order valence-corrected chi connectivity index (χ1v) is 4.12. The molecule has 1 rings (SSSR count). The second-order valence-electron chi connectivity index (χ2n) is 3.41. The van der Waals surface area contributed by atoms with Crippen LogP contribution in [0.4, 0.5) is 4.39 Å². The molecule has 0 unspecified atom stereocenters. The van der Waals surface area contributed by atoms with E-state index < -0.39 is 24.0 Å². The maximum atomic E-state index is 13.3. The lowest BCUT2D eigenvalue weighted by molar-refractivity contribution is -0.169. The molecule has 0 spiro atoms. The summed E-state index contributed by atoms with van der Waals surface area (Å²) in [5.41, 5.74) is -3.09. The summed E-state index contributed by atoms with van der Waals surface area (Å²) in [5.74, 6) is -3.88. The van der Waals surface area contributed by atoms with Gasteiger partial charge in [-0.3, -0.25) is 0 Å². The van der Waals surface area contributed by atoms with Gasteiger partial charge in [0.05, 0.1) is 0 Å². The van der Waals surface area contributed by atoms with Crippen molar-refractivity contribution in [1.29, 1.82) is 0 Å². The summed E-state index contributed by atoms with van der Waals surface area (Å²) >= 11 is 0. The van der Waals surface area contributed by atoms with Crippen LogP contribution in [0.25, 0.3) is 0 Å². The van der Waals surface area contributed by atoms with Crippen molar-refractivity contribution in [2.75, 3.05) is 0 Å². The van der Waals surface area contributed by atoms with Gasteiger partial charge in [-0.05, 0) is 5.92 Å². The van der Waals surface area contributed by atoms with Gasteiger partial charge in [-0.1, -0.05) is 19.3 Å². The summed E-state index contributed by atoms with van der Waals surface area (Å²) in [6.45, 7) is 0. The predicted octanol–water partition coefficient (Wildman–Crippen LogP) is 1.05. The molecule has 1 fully saturated rings. The fourth-order valence-corrected chi connectivity index (χ4v) is 1.36. The number of aliphatic carboxylic acids is 2. The number of carboxylic acid groups (broad SMARTS) is 2. The van der Waals surface area contributed by atoms with Crippen LogP contribution in [0.3, 0.4) is 0 Å². The average Bonchev–Trinajstić information content (AvgIpc) is 1.95. The van der Waals surface area contributed by atoms with E-state index in [-0.39, 0.29) is 5.92 Å². The molecule has 1 aliphatic carbocycles. The lowest BCUT2D eigenvalue weighted by Gasteiger charge is -2.29. The standard InChI is InChI=1S/C8H11FO4/c9-8(6(10)11,7(12)13)4-5-2-1-3-5/h5H,1-4H2,(H,10,11)(H,12,13). The Kier molecular flexibility index (Phi) is 2.54. The fourth-order valence-electron chi connectivity index (χ4n) is 1.36. The summed E-state index contributed by atoms with van der Waals surface area (Å²) in [7, 11) is 0. The lowest BCUT2D eigenvalue weighted by Crippen LogP contribution is -2.44. The van der Waals surface area contributed by atoms with Crippen LogP contribution in [-0.2, 0) is 9.59 Å². The smallest absolute Gasteiger partial charge is 0.353 e. The SMILES string of the molecule is O=C(O)C(F)(CC1CCC1)C(=O)O. The van der Waals surface area contributed by atoms with E-state index in [1.54, 1.807) is 0 Å². The number of alkyl halides is 1. The highest BCUT2D eigenvalue weighted by Gasteiger charge is 2.49. The maximum absolute atomic E-state index is 13.3. The molecule has 1 saturated carbocycles. The topological polar surface area (TPSA) is 74.6 Å². The summed E-state index contributed by atoms with van der Waals surface area (Å²) in [6, 6.07) is 0. The van der Waals surface area contributed by atoms with Crippen LogP contribution in [0.15, 0.2) is 0 Å².